The molecule has 1 aromatic carbocycles. The summed E-state index contributed by atoms with van der Waals surface area (Å²) in [6.45, 7) is 0.924. The van der Waals surface area contributed by atoms with Crippen molar-refractivity contribution >= 4 is 52.5 Å². The molecule has 0 unspecified atom stereocenters. The summed E-state index contributed by atoms with van der Waals surface area (Å²) < 4.78 is 0. The van der Waals surface area contributed by atoms with Gasteiger partial charge in [0.2, 0.25) is 0 Å². The first-order valence-corrected chi connectivity index (χ1v) is 7.57. The standard InChI is InChI=1S/C13H12Cl2N2S.ClH/c14-6-12-8-18-13-16-11(7-17(12)13)5-9-2-1-3-10(15)4-9;/h1-4,8,11H,5-7H2;1H/t11-;/m0./s1. The molecular formula is C13H13Cl3N2S. The van der Waals surface area contributed by atoms with Crippen LogP contribution in [0.2, 0.25) is 5.02 Å². The zero-order chi connectivity index (χ0) is 12.5. The van der Waals surface area contributed by atoms with Gasteiger partial charge in [-0.3, -0.25) is 4.99 Å². The van der Waals surface area contributed by atoms with Gasteiger partial charge in [0.1, 0.15) is 0 Å². The van der Waals surface area contributed by atoms with E-state index in [0.717, 1.165) is 28.9 Å². The second-order valence-electron chi connectivity index (χ2n) is 4.37. The molecule has 0 N–H and O–H groups in total. The van der Waals surface area contributed by atoms with Crippen LogP contribution in [0.5, 0.6) is 0 Å². The van der Waals surface area contributed by atoms with Crippen LogP contribution in [-0.4, -0.2) is 28.5 Å². The lowest BCUT2D eigenvalue weighted by Gasteiger charge is -2.16. The van der Waals surface area contributed by atoms with Gasteiger partial charge in [-0.15, -0.1) is 24.0 Å². The molecule has 2 aliphatic rings. The minimum absolute atomic E-state index is 0. The van der Waals surface area contributed by atoms with Crippen LogP contribution in [0, 0.1) is 0 Å². The Morgan fingerprint density at radius 3 is 3.00 bits per heavy atom. The number of amidine groups is 1. The summed E-state index contributed by atoms with van der Waals surface area (Å²) in [6.07, 6.45) is 0.927. The molecule has 102 valence electrons. The lowest BCUT2D eigenvalue weighted by Crippen LogP contribution is -2.25. The lowest BCUT2D eigenvalue weighted by atomic mass is 10.1. The number of aliphatic imine (C=N–C) groups is 1. The molecule has 6 heteroatoms. The summed E-state index contributed by atoms with van der Waals surface area (Å²) in [5, 5.41) is 3.95. The van der Waals surface area contributed by atoms with Crippen molar-refractivity contribution < 1.29 is 0 Å². The van der Waals surface area contributed by atoms with Crippen LogP contribution in [0.15, 0.2) is 40.4 Å². The second kappa shape index (κ2) is 6.40. The van der Waals surface area contributed by atoms with E-state index < -0.39 is 0 Å². The number of halogens is 3. The van der Waals surface area contributed by atoms with Gasteiger partial charge >= 0.3 is 0 Å². The van der Waals surface area contributed by atoms with Crippen LogP contribution in [0.1, 0.15) is 5.56 Å². The number of thioether (sulfide) groups is 1. The van der Waals surface area contributed by atoms with Gasteiger partial charge in [0, 0.05) is 17.3 Å². The van der Waals surface area contributed by atoms with E-state index in [1.807, 2.05) is 18.2 Å². The quantitative estimate of drug-likeness (QED) is 0.770. The fraction of sp³-hybridized carbons (Fsp3) is 0.308. The number of fused-ring (bicyclic) bond motifs is 1. The summed E-state index contributed by atoms with van der Waals surface area (Å²) in [4.78, 5) is 6.94. The molecule has 0 saturated carbocycles. The summed E-state index contributed by atoms with van der Waals surface area (Å²) in [5.74, 6) is 0.551. The molecule has 0 fully saturated rings. The minimum Gasteiger partial charge on any atom is -0.321 e. The smallest absolute Gasteiger partial charge is 0.168 e. The average molecular weight is 336 g/mol. The molecule has 0 saturated heterocycles. The molecule has 0 bridgehead atoms. The molecule has 0 spiro atoms. The first-order valence-electron chi connectivity index (χ1n) is 5.77. The number of nitrogens with zero attached hydrogens (tertiary/aromatic N) is 2. The number of hydrogen-bond acceptors (Lipinski definition) is 3. The first-order chi connectivity index (χ1) is 8.76. The Hall–Kier alpha value is -0.350. The van der Waals surface area contributed by atoms with Crippen molar-refractivity contribution in [3.8, 4) is 0 Å². The second-order valence-corrected chi connectivity index (χ2v) is 5.91. The van der Waals surface area contributed by atoms with E-state index in [1.54, 1.807) is 11.8 Å². The van der Waals surface area contributed by atoms with E-state index in [1.165, 1.54) is 5.56 Å². The molecule has 0 amide bonds. The number of hydrogen-bond donors (Lipinski definition) is 0. The Morgan fingerprint density at radius 1 is 1.42 bits per heavy atom. The van der Waals surface area contributed by atoms with Gasteiger partial charge < -0.3 is 4.90 Å². The highest BCUT2D eigenvalue weighted by Gasteiger charge is 2.31. The molecule has 2 nitrogen and oxygen atoms in total. The zero-order valence-corrected chi connectivity index (χ0v) is 13.2. The van der Waals surface area contributed by atoms with E-state index >= 15 is 0 Å². The molecule has 2 aliphatic heterocycles. The van der Waals surface area contributed by atoms with E-state index in [-0.39, 0.29) is 12.4 Å². The molecule has 1 atom stereocenters. The molecule has 3 rings (SSSR count). The Balaban J connectivity index is 0.00000133. The van der Waals surface area contributed by atoms with Crippen molar-refractivity contribution in [2.24, 2.45) is 4.99 Å². The number of benzene rings is 1. The third-order valence-electron chi connectivity index (χ3n) is 3.06. The Labute approximate surface area is 133 Å². The first kappa shape index (κ1) is 15.0. The van der Waals surface area contributed by atoms with Crippen LogP contribution >= 0.6 is 47.4 Å². The van der Waals surface area contributed by atoms with Crippen molar-refractivity contribution in [2.75, 3.05) is 12.4 Å². The summed E-state index contributed by atoms with van der Waals surface area (Å²) in [7, 11) is 0. The van der Waals surface area contributed by atoms with E-state index in [4.69, 9.17) is 28.2 Å². The van der Waals surface area contributed by atoms with Gasteiger partial charge in [0.25, 0.3) is 0 Å². The maximum atomic E-state index is 5.99. The van der Waals surface area contributed by atoms with Gasteiger partial charge in [-0.05, 0) is 29.5 Å². The fourth-order valence-electron chi connectivity index (χ4n) is 2.22. The van der Waals surface area contributed by atoms with Crippen LogP contribution in [0.25, 0.3) is 0 Å². The number of rotatable bonds is 3. The highest BCUT2D eigenvalue weighted by atomic mass is 35.5. The van der Waals surface area contributed by atoms with Crippen molar-refractivity contribution in [1.82, 2.24) is 4.90 Å². The van der Waals surface area contributed by atoms with Gasteiger partial charge in [-0.1, -0.05) is 35.5 Å². The summed E-state index contributed by atoms with van der Waals surface area (Å²) >= 11 is 13.6. The topological polar surface area (TPSA) is 15.6 Å². The third-order valence-corrected chi connectivity index (χ3v) is 4.50. The highest BCUT2D eigenvalue weighted by molar-refractivity contribution is 8.16. The Morgan fingerprint density at radius 2 is 2.26 bits per heavy atom. The van der Waals surface area contributed by atoms with Crippen molar-refractivity contribution in [3.05, 3.63) is 46.0 Å². The van der Waals surface area contributed by atoms with Gasteiger partial charge in [0.15, 0.2) is 5.17 Å². The third kappa shape index (κ3) is 3.22. The highest BCUT2D eigenvalue weighted by Crippen LogP contribution is 2.32. The van der Waals surface area contributed by atoms with Crippen molar-refractivity contribution in [2.45, 2.75) is 12.5 Å². The van der Waals surface area contributed by atoms with E-state index in [0.29, 0.717) is 11.9 Å². The normalized spacial score (nSPS) is 20.7. The van der Waals surface area contributed by atoms with Crippen LogP contribution < -0.4 is 0 Å². The predicted molar refractivity (Wildman–Crippen MR) is 86.7 cm³/mol. The molecular weight excluding hydrogens is 323 g/mol. The maximum Gasteiger partial charge on any atom is 0.168 e. The average Bonchev–Trinajstić information content (AvgIpc) is 2.88. The molecule has 19 heavy (non-hydrogen) atoms. The maximum absolute atomic E-state index is 5.99. The van der Waals surface area contributed by atoms with Gasteiger partial charge in [-0.25, -0.2) is 0 Å². The summed E-state index contributed by atoms with van der Waals surface area (Å²) in [5.41, 5.74) is 2.40. The van der Waals surface area contributed by atoms with Crippen molar-refractivity contribution in [1.29, 1.82) is 0 Å². The zero-order valence-electron chi connectivity index (χ0n) is 10.1. The molecule has 0 aromatic heterocycles. The molecule has 0 aliphatic carbocycles. The van der Waals surface area contributed by atoms with Gasteiger partial charge in [-0.2, -0.15) is 0 Å². The van der Waals surface area contributed by atoms with Crippen LogP contribution in [-0.2, 0) is 6.42 Å². The van der Waals surface area contributed by atoms with E-state index in [9.17, 15) is 0 Å². The Kier molecular flexibility index (Phi) is 5.07. The minimum atomic E-state index is 0. The number of allylic oxidation sites excluding steroid dienone is 1. The lowest BCUT2D eigenvalue weighted by molar-refractivity contribution is 0.511. The van der Waals surface area contributed by atoms with Crippen molar-refractivity contribution in [3.63, 3.8) is 0 Å². The van der Waals surface area contributed by atoms with Gasteiger partial charge in [0.05, 0.1) is 11.9 Å². The number of alkyl halides is 1. The molecule has 1 aromatic rings. The predicted octanol–water partition coefficient (Wildman–Crippen LogP) is 4.17. The molecule has 0 radical (unpaired) electrons. The largest absolute Gasteiger partial charge is 0.321 e. The fourth-order valence-corrected chi connectivity index (χ4v) is 3.73. The summed E-state index contributed by atoms with van der Waals surface area (Å²) in [6, 6.07) is 8.29. The SMILES string of the molecule is Cl.ClCC1=CSC2=N[C@@H](Cc3cccc(Cl)c3)CN12. The van der Waals surface area contributed by atoms with Crippen LogP contribution in [0.3, 0.4) is 0 Å². The van der Waals surface area contributed by atoms with Crippen LogP contribution in [0.4, 0.5) is 0 Å². The monoisotopic (exact) mass is 334 g/mol. The van der Waals surface area contributed by atoms with E-state index in [2.05, 4.69) is 16.4 Å². The Bertz CT molecular complexity index is 530. The molecule has 2 heterocycles.